The first-order chi connectivity index (χ1) is 7.09. The van der Waals surface area contributed by atoms with Crippen LogP contribution in [0.15, 0.2) is 30.3 Å². The van der Waals surface area contributed by atoms with Crippen LogP contribution in [0.5, 0.6) is 0 Å². The molecule has 1 aliphatic heterocycles. The van der Waals surface area contributed by atoms with Gasteiger partial charge in [0.2, 0.25) is 0 Å². The zero-order chi connectivity index (χ0) is 10.9. The molecule has 2 nitrogen and oxygen atoms in total. The molecule has 2 rings (SSSR count). The van der Waals surface area contributed by atoms with E-state index in [-0.39, 0.29) is 12.7 Å². The van der Waals surface area contributed by atoms with Crippen LogP contribution < -0.4 is 5.46 Å². The minimum Gasteiger partial charge on any atom is -0.407 e. The lowest BCUT2D eigenvalue weighted by Crippen LogP contribution is -2.53. The smallest absolute Gasteiger partial charge is 0.407 e. The summed E-state index contributed by atoms with van der Waals surface area (Å²) in [6, 6.07) is 10.1. The number of benzene rings is 1. The molecule has 0 saturated carbocycles. The van der Waals surface area contributed by atoms with Crippen LogP contribution in [0.3, 0.4) is 0 Å². The summed E-state index contributed by atoms with van der Waals surface area (Å²) >= 11 is 0. The van der Waals surface area contributed by atoms with Gasteiger partial charge in [-0.25, -0.2) is 0 Å². The summed E-state index contributed by atoms with van der Waals surface area (Å²) in [7, 11) is -0.211. The fraction of sp³-hybridized carbons (Fsp3) is 0.500. The van der Waals surface area contributed by atoms with Crippen molar-refractivity contribution in [2.45, 2.75) is 26.4 Å². The van der Waals surface area contributed by atoms with Crippen LogP contribution in [0.2, 0.25) is 0 Å². The Morgan fingerprint density at radius 3 is 2.53 bits per heavy atom. The van der Waals surface area contributed by atoms with Crippen LogP contribution in [0.1, 0.15) is 20.8 Å². The molecule has 0 bridgehead atoms. The molecule has 80 valence electrons. The van der Waals surface area contributed by atoms with Gasteiger partial charge in [-0.05, 0) is 19.3 Å². The van der Waals surface area contributed by atoms with Crippen molar-refractivity contribution in [2.75, 3.05) is 6.61 Å². The van der Waals surface area contributed by atoms with Crippen molar-refractivity contribution in [1.29, 1.82) is 0 Å². The van der Waals surface area contributed by atoms with Gasteiger partial charge in [-0.2, -0.15) is 0 Å². The highest BCUT2D eigenvalue weighted by Crippen LogP contribution is 2.26. The van der Waals surface area contributed by atoms with Gasteiger partial charge >= 0.3 is 7.12 Å². The van der Waals surface area contributed by atoms with Gasteiger partial charge in [-0.15, -0.1) is 0 Å². The highest BCUT2D eigenvalue weighted by molar-refractivity contribution is 6.61. The molecule has 0 aromatic heterocycles. The molecule has 0 spiro atoms. The number of hydrogen-bond donors (Lipinski definition) is 0. The first-order valence-electron chi connectivity index (χ1n) is 5.44. The largest absolute Gasteiger partial charge is 0.494 e. The lowest BCUT2D eigenvalue weighted by molar-refractivity contribution is -0.0366. The van der Waals surface area contributed by atoms with Gasteiger partial charge in [0.1, 0.15) is 0 Å². The average Bonchev–Trinajstić information content (AvgIpc) is 2.23. The molecule has 15 heavy (non-hydrogen) atoms. The van der Waals surface area contributed by atoms with E-state index in [9.17, 15) is 0 Å². The fourth-order valence-electron chi connectivity index (χ4n) is 1.63. The molecule has 1 aliphatic rings. The second kappa shape index (κ2) is 3.99. The summed E-state index contributed by atoms with van der Waals surface area (Å²) in [5.41, 5.74) is 0.983. The Kier molecular flexibility index (Phi) is 2.85. The average molecular weight is 204 g/mol. The Labute approximate surface area is 91.7 Å². The van der Waals surface area contributed by atoms with Crippen molar-refractivity contribution in [2.24, 2.45) is 5.92 Å². The molecule has 0 amide bonds. The van der Waals surface area contributed by atoms with Crippen LogP contribution in [-0.2, 0) is 9.31 Å². The van der Waals surface area contributed by atoms with E-state index in [1.807, 2.05) is 30.3 Å². The lowest BCUT2D eigenvalue weighted by atomic mass is 9.74. The van der Waals surface area contributed by atoms with Gasteiger partial charge in [0.25, 0.3) is 0 Å². The molecule has 1 aromatic rings. The molecule has 1 heterocycles. The molecule has 0 aliphatic carbocycles. The Morgan fingerprint density at radius 1 is 1.27 bits per heavy atom. The highest BCUT2D eigenvalue weighted by atomic mass is 16.6. The summed E-state index contributed by atoms with van der Waals surface area (Å²) in [5, 5.41) is 0. The fourth-order valence-corrected chi connectivity index (χ4v) is 1.63. The van der Waals surface area contributed by atoms with Crippen molar-refractivity contribution in [3.05, 3.63) is 30.3 Å². The predicted molar refractivity (Wildman–Crippen MR) is 62.1 cm³/mol. The van der Waals surface area contributed by atoms with Gasteiger partial charge in [0.05, 0.1) is 5.60 Å². The van der Waals surface area contributed by atoms with E-state index in [0.29, 0.717) is 5.92 Å². The van der Waals surface area contributed by atoms with Crippen molar-refractivity contribution in [1.82, 2.24) is 0 Å². The third-order valence-corrected chi connectivity index (χ3v) is 3.17. The molecular formula is C12H17BO2. The van der Waals surface area contributed by atoms with Gasteiger partial charge in [-0.3, -0.25) is 0 Å². The summed E-state index contributed by atoms with van der Waals surface area (Å²) in [4.78, 5) is 0. The predicted octanol–water partition coefficient (Wildman–Crippen LogP) is 1.84. The van der Waals surface area contributed by atoms with E-state index in [4.69, 9.17) is 9.31 Å². The molecule has 1 fully saturated rings. The SMILES string of the molecule is C[C@H]1COB(c2ccccc2)OC1(C)C. The summed E-state index contributed by atoms with van der Waals surface area (Å²) in [6.07, 6.45) is 0. The van der Waals surface area contributed by atoms with E-state index in [1.165, 1.54) is 0 Å². The quantitative estimate of drug-likeness (QED) is 0.650. The topological polar surface area (TPSA) is 18.5 Å². The minimum atomic E-state index is -0.211. The van der Waals surface area contributed by atoms with Gasteiger partial charge in [0.15, 0.2) is 0 Å². The van der Waals surface area contributed by atoms with E-state index in [2.05, 4.69) is 20.8 Å². The van der Waals surface area contributed by atoms with E-state index >= 15 is 0 Å². The standard InChI is InChI=1S/C12H17BO2/c1-10-9-14-13(15-12(10,2)3)11-7-5-4-6-8-11/h4-8,10H,9H2,1-3H3/t10-/m0/s1. The number of hydrogen-bond acceptors (Lipinski definition) is 2. The van der Waals surface area contributed by atoms with Crippen LogP contribution in [-0.4, -0.2) is 19.3 Å². The van der Waals surface area contributed by atoms with Crippen molar-refractivity contribution >= 4 is 12.6 Å². The summed E-state index contributed by atoms with van der Waals surface area (Å²) < 4.78 is 11.6. The third-order valence-electron chi connectivity index (χ3n) is 3.17. The molecule has 0 radical (unpaired) electrons. The van der Waals surface area contributed by atoms with Crippen molar-refractivity contribution < 1.29 is 9.31 Å². The van der Waals surface area contributed by atoms with Crippen LogP contribution in [0.25, 0.3) is 0 Å². The Balaban J connectivity index is 2.14. The van der Waals surface area contributed by atoms with Crippen LogP contribution in [0.4, 0.5) is 0 Å². The molecule has 1 aromatic carbocycles. The summed E-state index contributed by atoms with van der Waals surface area (Å²) in [5.74, 6) is 0.428. The van der Waals surface area contributed by atoms with Gasteiger partial charge in [0, 0.05) is 12.5 Å². The number of rotatable bonds is 1. The Bertz CT molecular complexity index is 324. The van der Waals surface area contributed by atoms with Crippen molar-refractivity contribution in [3.8, 4) is 0 Å². The zero-order valence-corrected chi connectivity index (χ0v) is 9.57. The lowest BCUT2D eigenvalue weighted by Gasteiger charge is -2.39. The normalized spacial score (nSPS) is 25.3. The van der Waals surface area contributed by atoms with Crippen LogP contribution in [0, 0.1) is 5.92 Å². The molecule has 0 unspecified atom stereocenters. The minimum absolute atomic E-state index is 0.112. The van der Waals surface area contributed by atoms with E-state index < -0.39 is 0 Å². The third kappa shape index (κ3) is 2.24. The zero-order valence-electron chi connectivity index (χ0n) is 9.57. The highest BCUT2D eigenvalue weighted by Gasteiger charge is 2.39. The second-order valence-electron chi connectivity index (χ2n) is 4.70. The van der Waals surface area contributed by atoms with Gasteiger partial charge in [-0.1, -0.05) is 37.3 Å². The molecule has 1 atom stereocenters. The molecular weight excluding hydrogens is 187 g/mol. The Hall–Kier alpha value is -0.795. The van der Waals surface area contributed by atoms with Gasteiger partial charge < -0.3 is 9.31 Å². The first kappa shape index (κ1) is 10.7. The second-order valence-corrected chi connectivity index (χ2v) is 4.70. The van der Waals surface area contributed by atoms with E-state index in [0.717, 1.165) is 12.1 Å². The van der Waals surface area contributed by atoms with E-state index in [1.54, 1.807) is 0 Å². The first-order valence-corrected chi connectivity index (χ1v) is 5.44. The Morgan fingerprint density at radius 2 is 1.93 bits per heavy atom. The van der Waals surface area contributed by atoms with Crippen LogP contribution >= 0.6 is 0 Å². The molecule has 1 saturated heterocycles. The summed E-state index contributed by atoms with van der Waals surface area (Å²) in [6.45, 7) is 7.15. The molecule has 0 N–H and O–H groups in total. The monoisotopic (exact) mass is 204 g/mol. The maximum absolute atomic E-state index is 5.95. The maximum Gasteiger partial charge on any atom is 0.494 e. The maximum atomic E-state index is 5.95. The van der Waals surface area contributed by atoms with Crippen molar-refractivity contribution in [3.63, 3.8) is 0 Å². The molecule has 3 heteroatoms.